The van der Waals surface area contributed by atoms with Crippen molar-refractivity contribution in [1.82, 2.24) is 5.32 Å². The standard InChI is InChI=1S/C20H22ClNO4S/c1-20(12-23,13-26-27(2,24)25)22-11-15-7-5-9-17-18(15)10-14-6-3-4-8-16(14)19(17)21/h3-10,22-23H,11-13H2,1-2H3. The van der Waals surface area contributed by atoms with Crippen LogP contribution < -0.4 is 5.32 Å². The number of hydrogen-bond acceptors (Lipinski definition) is 5. The first-order valence-electron chi connectivity index (χ1n) is 8.52. The molecule has 27 heavy (non-hydrogen) atoms. The second-order valence-corrected chi connectivity index (χ2v) is 8.98. The van der Waals surface area contributed by atoms with Crippen LogP contribution in [0.5, 0.6) is 0 Å². The summed E-state index contributed by atoms with van der Waals surface area (Å²) >= 11 is 6.62. The van der Waals surface area contributed by atoms with E-state index in [1.54, 1.807) is 6.92 Å². The zero-order valence-electron chi connectivity index (χ0n) is 15.2. The topological polar surface area (TPSA) is 75.6 Å². The number of halogens is 1. The van der Waals surface area contributed by atoms with Crippen molar-refractivity contribution < 1.29 is 17.7 Å². The van der Waals surface area contributed by atoms with Gasteiger partial charge in [-0.25, -0.2) is 0 Å². The minimum atomic E-state index is -3.58. The van der Waals surface area contributed by atoms with E-state index in [9.17, 15) is 13.5 Å². The largest absolute Gasteiger partial charge is 0.394 e. The fraction of sp³-hybridized carbons (Fsp3) is 0.300. The Kier molecular flexibility index (Phi) is 5.74. The Labute approximate surface area is 164 Å². The van der Waals surface area contributed by atoms with E-state index in [4.69, 9.17) is 15.8 Å². The zero-order valence-corrected chi connectivity index (χ0v) is 16.8. The lowest BCUT2D eigenvalue weighted by Crippen LogP contribution is -2.49. The van der Waals surface area contributed by atoms with Gasteiger partial charge in [0.1, 0.15) is 0 Å². The monoisotopic (exact) mass is 407 g/mol. The van der Waals surface area contributed by atoms with Crippen LogP contribution in [0.2, 0.25) is 5.02 Å². The first-order valence-corrected chi connectivity index (χ1v) is 10.7. The van der Waals surface area contributed by atoms with E-state index in [2.05, 4.69) is 11.4 Å². The highest BCUT2D eigenvalue weighted by Crippen LogP contribution is 2.34. The lowest BCUT2D eigenvalue weighted by molar-refractivity contribution is 0.118. The zero-order chi connectivity index (χ0) is 19.7. The van der Waals surface area contributed by atoms with Crippen LogP contribution in [0.1, 0.15) is 12.5 Å². The number of hydrogen-bond donors (Lipinski definition) is 2. The van der Waals surface area contributed by atoms with E-state index in [0.29, 0.717) is 11.6 Å². The first-order chi connectivity index (χ1) is 12.7. The van der Waals surface area contributed by atoms with E-state index in [-0.39, 0.29) is 13.2 Å². The lowest BCUT2D eigenvalue weighted by atomic mass is 9.98. The highest BCUT2D eigenvalue weighted by molar-refractivity contribution is 7.85. The van der Waals surface area contributed by atoms with Gasteiger partial charge in [0.25, 0.3) is 10.1 Å². The molecule has 2 N–H and O–H groups in total. The summed E-state index contributed by atoms with van der Waals surface area (Å²) in [5.74, 6) is 0. The van der Waals surface area contributed by atoms with Crippen molar-refractivity contribution in [2.45, 2.75) is 19.0 Å². The van der Waals surface area contributed by atoms with Gasteiger partial charge in [0.05, 0.1) is 30.0 Å². The molecule has 0 heterocycles. The molecule has 0 fully saturated rings. The van der Waals surface area contributed by atoms with Gasteiger partial charge in [0.15, 0.2) is 0 Å². The molecule has 1 atom stereocenters. The highest BCUT2D eigenvalue weighted by atomic mass is 35.5. The number of benzene rings is 3. The predicted molar refractivity (Wildman–Crippen MR) is 110 cm³/mol. The summed E-state index contributed by atoms with van der Waals surface area (Å²) in [4.78, 5) is 0. The molecule has 3 aromatic rings. The fourth-order valence-corrected chi connectivity index (χ4v) is 3.76. The Morgan fingerprint density at radius 1 is 1.11 bits per heavy atom. The summed E-state index contributed by atoms with van der Waals surface area (Å²) in [7, 11) is -3.58. The molecule has 0 saturated heterocycles. The Morgan fingerprint density at radius 2 is 1.81 bits per heavy atom. The summed E-state index contributed by atoms with van der Waals surface area (Å²) < 4.78 is 27.4. The average molecular weight is 408 g/mol. The third kappa shape index (κ3) is 4.59. The van der Waals surface area contributed by atoms with Gasteiger partial charge in [0, 0.05) is 17.3 Å². The fourth-order valence-electron chi connectivity index (χ4n) is 2.95. The molecule has 0 aliphatic heterocycles. The van der Waals surface area contributed by atoms with Crippen LogP contribution in [-0.4, -0.2) is 38.5 Å². The van der Waals surface area contributed by atoms with Crippen LogP contribution in [-0.2, 0) is 20.8 Å². The molecule has 3 aromatic carbocycles. The van der Waals surface area contributed by atoms with Gasteiger partial charge in [0.2, 0.25) is 0 Å². The van der Waals surface area contributed by atoms with Gasteiger partial charge >= 0.3 is 0 Å². The molecule has 0 radical (unpaired) electrons. The number of aliphatic hydroxyl groups excluding tert-OH is 1. The molecule has 0 saturated carbocycles. The van der Waals surface area contributed by atoms with E-state index in [1.807, 2.05) is 42.5 Å². The molecule has 0 spiro atoms. The Hall–Kier alpha value is -1.70. The van der Waals surface area contributed by atoms with Crippen molar-refractivity contribution in [2.24, 2.45) is 0 Å². The first kappa shape index (κ1) is 20.0. The highest BCUT2D eigenvalue weighted by Gasteiger charge is 2.25. The van der Waals surface area contributed by atoms with Gasteiger partial charge in [-0.3, -0.25) is 4.18 Å². The summed E-state index contributed by atoms with van der Waals surface area (Å²) in [6.07, 6.45) is 0.989. The SMILES string of the molecule is CC(CO)(COS(C)(=O)=O)NCc1cccc2c(Cl)c3ccccc3cc12. The van der Waals surface area contributed by atoms with Crippen LogP contribution in [0.3, 0.4) is 0 Å². The van der Waals surface area contributed by atoms with Crippen LogP contribution in [0.25, 0.3) is 21.5 Å². The van der Waals surface area contributed by atoms with Crippen molar-refractivity contribution in [2.75, 3.05) is 19.5 Å². The quantitative estimate of drug-likeness (QED) is 0.463. The van der Waals surface area contributed by atoms with Crippen molar-refractivity contribution in [3.63, 3.8) is 0 Å². The normalized spacial score (nSPS) is 14.5. The Balaban J connectivity index is 1.93. The van der Waals surface area contributed by atoms with Gasteiger partial charge in [-0.2, -0.15) is 8.42 Å². The van der Waals surface area contributed by atoms with Crippen molar-refractivity contribution in [3.8, 4) is 0 Å². The molecule has 7 heteroatoms. The smallest absolute Gasteiger partial charge is 0.264 e. The van der Waals surface area contributed by atoms with Crippen LogP contribution in [0, 0.1) is 0 Å². The average Bonchev–Trinajstić information content (AvgIpc) is 2.65. The molecule has 0 bridgehead atoms. The summed E-state index contributed by atoms with van der Waals surface area (Å²) in [6.45, 7) is 1.72. The molecular weight excluding hydrogens is 386 g/mol. The number of fused-ring (bicyclic) bond motifs is 2. The summed E-state index contributed by atoms with van der Waals surface area (Å²) in [6, 6.07) is 15.9. The van der Waals surface area contributed by atoms with Gasteiger partial charge < -0.3 is 10.4 Å². The second kappa shape index (κ2) is 7.73. The van der Waals surface area contributed by atoms with Crippen LogP contribution in [0.4, 0.5) is 0 Å². The van der Waals surface area contributed by atoms with Crippen LogP contribution >= 0.6 is 11.6 Å². The van der Waals surface area contributed by atoms with E-state index >= 15 is 0 Å². The molecular formula is C20H22ClNO4S. The molecule has 3 rings (SSSR count). The maximum absolute atomic E-state index is 11.3. The van der Waals surface area contributed by atoms with Crippen LogP contribution in [0.15, 0.2) is 48.5 Å². The molecule has 0 amide bonds. The third-order valence-electron chi connectivity index (χ3n) is 4.58. The molecule has 1 unspecified atom stereocenters. The Morgan fingerprint density at radius 3 is 2.52 bits per heavy atom. The van der Waals surface area contributed by atoms with E-state index in [1.165, 1.54) is 0 Å². The number of aliphatic hydroxyl groups is 1. The van der Waals surface area contributed by atoms with Gasteiger partial charge in [-0.1, -0.05) is 54.1 Å². The lowest BCUT2D eigenvalue weighted by Gasteiger charge is -2.28. The van der Waals surface area contributed by atoms with E-state index < -0.39 is 15.7 Å². The maximum atomic E-state index is 11.3. The van der Waals surface area contributed by atoms with Gasteiger partial charge in [-0.15, -0.1) is 0 Å². The van der Waals surface area contributed by atoms with Crippen molar-refractivity contribution >= 4 is 43.3 Å². The third-order valence-corrected chi connectivity index (χ3v) is 5.53. The van der Waals surface area contributed by atoms with Gasteiger partial charge in [-0.05, 0) is 29.3 Å². The minimum absolute atomic E-state index is 0.156. The Bertz CT molecular complexity index is 1080. The molecule has 144 valence electrons. The predicted octanol–water partition coefficient (Wildman–Crippen LogP) is 3.46. The molecule has 5 nitrogen and oxygen atoms in total. The van der Waals surface area contributed by atoms with E-state index in [0.717, 1.165) is 33.4 Å². The summed E-state index contributed by atoms with van der Waals surface area (Å²) in [5.41, 5.74) is 0.102. The molecule has 0 aliphatic rings. The second-order valence-electron chi connectivity index (χ2n) is 6.96. The number of rotatable bonds is 7. The van der Waals surface area contributed by atoms with Crippen molar-refractivity contribution in [3.05, 3.63) is 59.1 Å². The molecule has 0 aromatic heterocycles. The number of nitrogens with one attached hydrogen (secondary N) is 1. The summed E-state index contributed by atoms with van der Waals surface area (Å²) in [5, 5.41) is 17.6. The molecule has 0 aliphatic carbocycles. The van der Waals surface area contributed by atoms with Crippen molar-refractivity contribution in [1.29, 1.82) is 0 Å². The maximum Gasteiger partial charge on any atom is 0.264 e. The minimum Gasteiger partial charge on any atom is -0.394 e.